The topological polar surface area (TPSA) is 40.2 Å². The van der Waals surface area contributed by atoms with Gasteiger partial charge in [0.15, 0.2) is 0 Å². The van der Waals surface area contributed by atoms with Gasteiger partial charge in [-0.1, -0.05) is 24.3 Å². The maximum absolute atomic E-state index is 12.3. The van der Waals surface area contributed by atoms with E-state index in [1.165, 1.54) is 0 Å². The van der Waals surface area contributed by atoms with Crippen LogP contribution in [0.4, 0.5) is 0 Å². The zero-order chi connectivity index (χ0) is 13.7. The molecule has 4 rings (SSSR count). The van der Waals surface area contributed by atoms with E-state index in [4.69, 9.17) is 0 Å². The van der Waals surface area contributed by atoms with Crippen molar-refractivity contribution in [1.29, 1.82) is 0 Å². The fourth-order valence-electron chi connectivity index (χ4n) is 2.52. The highest BCUT2D eigenvalue weighted by Gasteiger charge is 2.29. The summed E-state index contributed by atoms with van der Waals surface area (Å²) < 4.78 is 0. The van der Waals surface area contributed by atoms with Crippen LogP contribution in [0.2, 0.25) is 0 Å². The first kappa shape index (κ1) is 11.5. The summed E-state index contributed by atoms with van der Waals surface area (Å²) >= 11 is 0. The molecule has 2 fully saturated rings. The second-order valence-corrected chi connectivity index (χ2v) is 5.29. The van der Waals surface area contributed by atoms with Crippen molar-refractivity contribution in [3.63, 3.8) is 0 Å². The first-order valence-electron chi connectivity index (χ1n) is 6.86. The fourth-order valence-corrected chi connectivity index (χ4v) is 2.52. The molecule has 2 aliphatic heterocycles. The van der Waals surface area contributed by atoms with Crippen molar-refractivity contribution in [2.24, 2.45) is 0 Å². The van der Waals surface area contributed by atoms with Crippen LogP contribution < -0.4 is 0 Å². The Morgan fingerprint density at radius 3 is 1.45 bits per heavy atom. The molecule has 0 saturated carbocycles. The van der Waals surface area contributed by atoms with Crippen molar-refractivity contribution in [3.8, 4) is 0 Å². The molecular formula is C16H14N2O2. The van der Waals surface area contributed by atoms with Gasteiger partial charge in [0.25, 0.3) is 11.8 Å². The molecule has 0 atom stereocenters. The number of rotatable bonds is 2. The Balaban J connectivity index is 1.89. The van der Waals surface area contributed by atoms with Gasteiger partial charge in [0.1, 0.15) is 0 Å². The Morgan fingerprint density at radius 2 is 1.10 bits per heavy atom. The maximum atomic E-state index is 12.3. The lowest BCUT2D eigenvalue weighted by Gasteiger charge is -2.11. The zero-order valence-electron chi connectivity index (χ0n) is 11.0. The van der Waals surface area contributed by atoms with Crippen LogP contribution in [-0.4, -0.2) is 47.8 Å². The van der Waals surface area contributed by atoms with E-state index in [9.17, 15) is 9.59 Å². The molecule has 2 heterocycles. The zero-order valence-corrected chi connectivity index (χ0v) is 11.0. The van der Waals surface area contributed by atoms with Gasteiger partial charge in [0, 0.05) is 37.3 Å². The van der Waals surface area contributed by atoms with Crippen LogP contribution in [0.1, 0.15) is 20.7 Å². The summed E-state index contributed by atoms with van der Waals surface area (Å²) in [5, 5.41) is 1.74. The summed E-state index contributed by atoms with van der Waals surface area (Å²) in [6, 6.07) is 11.2. The Bertz CT molecular complexity index is 668. The summed E-state index contributed by atoms with van der Waals surface area (Å²) in [4.78, 5) is 28.2. The summed E-state index contributed by atoms with van der Waals surface area (Å²) in [6.07, 6.45) is 0. The van der Waals surface area contributed by atoms with E-state index in [0.717, 1.165) is 37.0 Å². The largest absolute Gasteiger partial charge is 0.335 e. The molecule has 20 heavy (non-hydrogen) atoms. The highest BCUT2D eigenvalue weighted by atomic mass is 16.2. The minimum atomic E-state index is 0.0620. The van der Waals surface area contributed by atoms with Crippen LogP contribution in [0.25, 0.3) is 10.8 Å². The van der Waals surface area contributed by atoms with Crippen molar-refractivity contribution in [3.05, 3.63) is 47.5 Å². The Labute approximate surface area is 116 Å². The predicted octanol–water partition coefficient (Wildman–Crippen LogP) is 1.75. The molecule has 0 aromatic heterocycles. The van der Waals surface area contributed by atoms with Crippen molar-refractivity contribution in [2.45, 2.75) is 0 Å². The molecule has 4 heteroatoms. The Morgan fingerprint density at radius 1 is 0.700 bits per heavy atom. The van der Waals surface area contributed by atoms with Crippen LogP contribution in [0.5, 0.6) is 0 Å². The third-order valence-corrected chi connectivity index (χ3v) is 3.85. The summed E-state index contributed by atoms with van der Waals surface area (Å²) in [5.41, 5.74) is 1.39. The lowest BCUT2D eigenvalue weighted by atomic mass is 9.98. The van der Waals surface area contributed by atoms with E-state index in [2.05, 4.69) is 0 Å². The number of benzene rings is 2. The van der Waals surface area contributed by atoms with Crippen molar-refractivity contribution in [1.82, 2.24) is 9.80 Å². The molecule has 0 bridgehead atoms. The lowest BCUT2D eigenvalue weighted by Crippen LogP contribution is -2.14. The molecule has 2 saturated heterocycles. The minimum Gasteiger partial charge on any atom is -0.335 e. The molecule has 2 amide bonds. The summed E-state index contributed by atoms with van der Waals surface area (Å²) in [7, 11) is 0. The standard InChI is InChI=1S/C16H14N2O2/c19-15(17-7-8-17)13-5-6-14(16(20)18-9-10-18)12-4-2-1-3-11(12)13/h1-6H,7-10H2. The van der Waals surface area contributed by atoms with E-state index >= 15 is 0 Å². The first-order chi connectivity index (χ1) is 9.75. The van der Waals surface area contributed by atoms with E-state index in [-0.39, 0.29) is 11.8 Å². The maximum Gasteiger partial charge on any atom is 0.254 e. The average molecular weight is 266 g/mol. The minimum absolute atomic E-state index is 0.0620. The van der Waals surface area contributed by atoms with Gasteiger partial charge in [-0.15, -0.1) is 0 Å². The predicted molar refractivity (Wildman–Crippen MR) is 75.8 cm³/mol. The van der Waals surface area contributed by atoms with E-state index in [0.29, 0.717) is 11.1 Å². The second-order valence-electron chi connectivity index (χ2n) is 5.29. The van der Waals surface area contributed by atoms with Gasteiger partial charge in [-0.25, -0.2) is 0 Å². The quantitative estimate of drug-likeness (QED) is 0.777. The third-order valence-electron chi connectivity index (χ3n) is 3.85. The average Bonchev–Trinajstić information content (AvgIpc) is 3.37. The number of carbonyl (C=O) groups excluding carboxylic acids is 2. The number of hydrogen-bond acceptors (Lipinski definition) is 2. The molecule has 0 radical (unpaired) electrons. The van der Waals surface area contributed by atoms with Crippen LogP contribution in [-0.2, 0) is 0 Å². The van der Waals surface area contributed by atoms with E-state index < -0.39 is 0 Å². The van der Waals surface area contributed by atoms with Crippen molar-refractivity contribution in [2.75, 3.05) is 26.2 Å². The van der Waals surface area contributed by atoms with Crippen molar-refractivity contribution < 1.29 is 9.59 Å². The molecule has 2 aromatic carbocycles. The number of carbonyl (C=O) groups is 2. The van der Waals surface area contributed by atoms with Gasteiger partial charge in [0.05, 0.1) is 0 Å². The van der Waals surface area contributed by atoms with Gasteiger partial charge in [-0.3, -0.25) is 9.59 Å². The molecule has 0 spiro atoms. The Kier molecular flexibility index (Phi) is 2.33. The van der Waals surface area contributed by atoms with E-state index in [1.54, 1.807) is 21.9 Å². The fraction of sp³-hybridized carbons (Fsp3) is 0.250. The van der Waals surface area contributed by atoms with Gasteiger partial charge in [-0.05, 0) is 22.9 Å². The highest BCUT2D eigenvalue weighted by Crippen LogP contribution is 2.27. The third kappa shape index (κ3) is 1.76. The molecular weight excluding hydrogens is 252 g/mol. The molecule has 100 valence electrons. The second kappa shape index (κ2) is 4.07. The van der Waals surface area contributed by atoms with Crippen LogP contribution in [0, 0.1) is 0 Å². The molecule has 2 aliphatic rings. The van der Waals surface area contributed by atoms with Gasteiger partial charge < -0.3 is 9.80 Å². The number of hydrogen-bond donors (Lipinski definition) is 0. The van der Waals surface area contributed by atoms with E-state index in [1.807, 2.05) is 24.3 Å². The first-order valence-corrected chi connectivity index (χ1v) is 6.86. The number of nitrogens with zero attached hydrogens (tertiary/aromatic N) is 2. The smallest absolute Gasteiger partial charge is 0.254 e. The van der Waals surface area contributed by atoms with Crippen LogP contribution in [0.15, 0.2) is 36.4 Å². The monoisotopic (exact) mass is 266 g/mol. The molecule has 4 nitrogen and oxygen atoms in total. The number of fused-ring (bicyclic) bond motifs is 1. The Hall–Kier alpha value is -2.36. The lowest BCUT2D eigenvalue weighted by molar-refractivity contribution is 0.0876. The summed E-state index contributed by atoms with van der Waals surface area (Å²) in [6.45, 7) is 3.34. The van der Waals surface area contributed by atoms with Gasteiger partial charge >= 0.3 is 0 Å². The SMILES string of the molecule is O=C(c1ccc(C(=O)N2CC2)c2ccccc12)N1CC1. The highest BCUT2D eigenvalue weighted by molar-refractivity contribution is 6.14. The normalized spacial score (nSPS) is 16.4. The molecule has 0 unspecified atom stereocenters. The molecule has 2 aromatic rings. The van der Waals surface area contributed by atoms with Crippen LogP contribution in [0.3, 0.4) is 0 Å². The number of amides is 2. The molecule has 0 aliphatic carbocycles. The summed E-state index contributed by atoms with van der Waals surface area (Å²) in [5.74, 6) is 0.124. The van der Waals surface area contributed by atoms with Gasteiger partial charge in [0.2, 0.25) is 0 Å². The van der Waals surface area contributed by atoms with Crippen molar-refractivity contribution >= 4 is 22.6 Å². The molecule has 0 N–H and O–H groups in total. The van der Waals surface area contributed by atoms with Gasteiger partial charge in [-0.2, -0.15) is 0 Å². The van der Waals surface area contributed by atoms with Crippen LogP contribution >= 0.6 is 0 Å².